The Balaban J connectivity index is 0.00000338. The van der Waals surface area contributed by atoms with E-state index in [0.717, 1.165) is 5.56 Å². The van der Waals surface area contributed by atoms with Crippen LogP contribution in [-0.2, 0) is 14.4 Å². The number of carboxylic acids is 3. The fraction of sp³-hybridized carbons (Fsp3) is 0.278. The molecule has 1 aliphatic rings. The molecule has 26 heavy (non-hydrogen) atoms. The first kappa shape index (κ1) is 21.4. The molecule has 2 rings (SSSR count). The zero-order chi connectivity index (χ0) is 18.6. The van der Waals surface area contributed by atoms with Crippen molar-refractivity contribution in [1.29, 1.82) is 0 Å². The van der Waals surface area contributed by atoms with E-state index < -0.39 is 29.4 Å². The number of hydrogen-bond donors (Lipinski definition) is 4. The molecule has 8 heteroatoms. The summed E-state index contributed by atoms with van der Waals surface area (Å²) in [6, 6.07) is 7.69. The summed E-state index contributed by atoms with van der Waals surface area (Å²) in [6.45, 7) is 0. The number of aliphatic carboxylic acids is 3. The van der Waals surface area contributed by atoms with Crippen molar-refractivity contribution < 1.29 is 29.7 Å². The monoisotopic (exact) mass is 381 g/mol. The molecule has 0 aromatic heterocycles. The maximum atomic E-state index is 12.0. The molecule has 7 nitrogen and oxygen atoms in total. The predicted molar refractivity (Wildman–Crippen MR) is 96.9 cm³/mol. The normalized spacial score (nSPS) is 20.2. The quantitative estimate of drug-likeness (QED) is 0.567. The molecule has 0 saturated carbocycles. The topological polar surface area (TPSA) is 138 Å². The van der Waals surface area contributed by atoms with Crippen molar-refractivity contribution in [3.8, 4) is 0 Å². The number of carbonyl (C=O) groups is 3. The fourth-order valence-corrected chi connectivity index (χ4v) is 2.87. The van der Waals surface area contributed by atoms with E-state index in [-0.39, 0.29) is 37.2 Å². The Bertz CT molecular complexity index is 758. The second kappa shape index (κ2) is 8.64. The Morgan fingerprint density at radius 3 is 2.23 bits per heavy atom. The second-order valence-electron chi connectivity index (χ2n) is 6.06. The van der Waals surface area contributed by atoms with Gasteiger partial charge in [-0.1, -0.05) is 36.4 Å². The lowest BCUT2D eigenvalue weighted by Crippen LogP contribution is -2.37. The Morgan fingerprint density at radius 1 is 1.12 bits per heavy atom. The Hall–Kier alpha value is -2.64. The molecule has 0 fully saturated rings. The number of rotatable bonds is 7. The molecular formula is C18H20ClNO6. The number of allylic oxidation sites excluding steroid dienone is 1. The molecule has 0 aliphatic heterocycles. The van der Waals surface area contributed by atoms with Gasteiger partial charge in [-0.25, -0.2) is 4.79 Å². The van der Waals surface area contributed by atoms with Crippen molar-refractivity contribution in [1.82, 2.24) is 0 Å². The third-order valence-corrected chi connectivity index (χ3v) is 4.30. The summed E-state index contributed by atoms with van der Waals surface area (Å²) in [6.07, 6.45) is 2.56. The second-order valence-corrected chi connectivity index (χ2v) is 6.06. The van der Waals surface area contributed by atoms with E-state index in [1.807, 2.05) is 0 Å². The van der Waals surface area contributed by atoms with Gasteiger partial charge in [0.2, 0.25) is 0 Å². The van der Waals surface area contributed by atoms with Gasteiger partial charge in [-0.05, 0) is 36.5 Å². The first-order valence-electron chi connectivity index (χ1n) is 7.69. The molecule has 0 radical (unpaired) electrons. The van der Waals surface area contributed by atoms with Gasteiger partial charge in [-0.2, -0.15) is 0 Å². The highest BCUT2D eigenvalue weighted by atomic mass is 35.5. The molecule has 2 atom stereocenters. The lowest BCUT2D eigenvalue weighted by molar-refractivity contribution is -0.147. The van der Waals surface area contributed by atoms with Crippen LogP contribution in [0.15, 0.2) is 48.1 Å². The van der Waals surface area contributed by atoms with Crippen LogP contribution in [0.5, 0.6) is 0 Å². The Kier molecular flexibility index (Phi) is 7.11. The van der Waals surface area contributed by atoms with Crippen LogP contribution >= 0.6 is 12.4 Å². The first-order chi connectivity index (χ1) is 11.7. The fourth-order valence-electron chi connectivity index (χ4n) is 2.87. The van der Waals surface area contributed by atoms with E-state index in [4.69, 9.17) is 10.8 Å². The molecule has 0 spiro atoms. The third kappa shape index (κ3) is 4.71. The number of hydrogen-bond acceptors (Lipinski definition) is 4. The predicted octanol–water partition coefficient (Wildman–Crippen LogP) is 2.17. The summed E-state index contributed by atoms with van der Waals surface area (Å²) >= 11 is 0. The molecule has 0 bridgehead atoms. The zero-order valence-electron chi connectivity index (χ0n) is 13.8. The average Bonchev–Trinajstić information content (AvgIpc) is 2.59. The third-order valence-electron chi connectivity index (χ3n) is 4.30. The van der Waals surface area contributed by atoms with Crippen molar-refractivity contribution in [3.63, 3.8) is 0 Å². The first-order valence-corrected chi connectivity index (χ1v) is 7.69. The van der Waals surface area contributed by atoms with E-state index in [1.54, 1.807) is 30.3 Å². The minimum Gasteiger partial charge on any atom is -0.481 e. The van der Waals surface area contributed by atoms with E-state index >= 15 is 0 Å². The van der Waals surface area contributed by atoms with Gasteiger partial charge in [-0.3, -0.25) is 9.59 Å². The lowest BCUT2D eigenvalue weighted by Gasteiger charge is -2.31. The number of benzene rings is 1. The summed E-state index contributed by atoms with van der Waals surface area (Å²) in [5, 5.41) is 28.0. The maximum absolute atomic E-state index is 12.0. The standard InChI is InChI=1S/C18H19NO6.ClH/c19-14(16(22)23)6-7-18(17(24)25)9-12(8-13(10-18)15(20)21)11-4-2-1-3-5-11;/h1-5,8,10,14H,6-7,9,19H2,(H,20,21)(H,22,23)(H,24,25);1H. The molecule has 0 saturated heterocycles. The molecule has 0 heterocycles. The van der Waals surface area contributed by atoms with Gasteiger partial charge < -0.3 is 21.1 Å². The highest BCUT2D eigenvalue weighted by Crippen LogP contribution is 2.42. The molecular weight excluding hydrogens is 362 g/mol. The molecule has 0 amide bonds. The number of halogens is 1. The Morgan fingerprint density at radius 2 is 1.73 bits per heavy atom. The highest BCUT2D eigenvalue weighted by molar-refractivity contribution is 5.96. The van der Waals surface area contributed by atoms with Crippen LogP contribution in [-0.4, -0.2) is 39.3 Å². The van der Waals surface area contributed by atoms with Crippen LogP contribution in [0.3, 0.4) is 0 Å². The molecule has 140 valence electrons. The van der Waals surface area contributed by atoms with Crippen molar-refractivity contribution >= 4 is 35.9 Å². The van der Waals surface area contributed by atoms with Gasteiger partial charge in [0.1, 0.15) is 6.04 Å². The van der Waals surface area contributed by atoms with Crippen LogP contribution in [0.25, 0.3) is 5.57 Å². The van der Waals surface area contributed by atoms with Gasteiger partial charge in [0.25, 0.3) is 0 Å². The van der Waals surface area contributed by atoms with E-state index in [0.29, 0.717) is 5.57 Å². The minimum absolute atomic E-state index is 0. The van der Waals surface area contributed by atoms with Gasteiger partial charge in [-0.15, -0.1) is 12.4 Å². The van der Waals surface area contributed by atoms with Crippen LogP contribution < -0.4 is 5.73 Å². The van der Waals surface area contributed by atoms with Crippen molar-refractivity contribution in [2.75, 3.05) is 0 Å². The molecule has 2 unspecified atom stereocenters. The summed E-state index contributed by atoms with van der Waals surface area (Å²) < 4.78 is 0. The van der Waals surface area contributed by atoms with E-state index in [9.17, 15) is 24.6 Å². The molecule has 1 aromatic rings. The molecule has 1 aromatic carbocycles. The van der Waals surface area contributed by atoms with Crippen molar-refractivity contribution in [2.24, 2.45) is 11.1 Å². The van der Waals surface area contributed by atoms with Crippen molar-refractivity contribution in [2.45, 2.75) is 25.3 Å². The average molecular weight is 382 g/mol. The number of carboxylic acid groups (broad SMARTS) is 3. The zero-order valence-corrected chi connectivity index (χ0v) is 14.6. The van der Waals surface area contributed by atoms with E-state index in [2.05, 4.69) is 0 Å². The number of nitrogens with two attached hydrogens (primary N) is 1. The Labute approximate surface area is 156 Å². The minimum atomic E-state index is -1.51. The SMILES string of the molecule is Cl.NC(CCC1(C(=O)O)C=C(C(=O)O)C=C(c2ccccc2)C1)C(=O)O. The van der Waals surface area contributed by atoms with E-state index in [1.165, 1.54) is 12.2 Å². The highest BCUT2D eigenvalue weighted by Gasteiger charge is 2.41. The van der Waals surface area contributed by atoms with Crippen LogP contribution in [0.4, 0.5) is 0 Å². The van der Waals surface area contributed by atoms with Crippen LogP contribution in [0, 0.1) is 5.41 Å². The summed E-state index contributed by atoms with van der Waals surface area (Å²) in [5.74, 6) is -3.66. The van der Waals surface area contributed by atoms with Crippen LogP contribution in [0.1, 0.15) is 24.8 Å². The maximum Gasteiger partial charge on any atom is 0.335 e. The largest absolute Gasteiger partial charge is 0.481 e. The lowest BCUT2D eigenvalue weighted by atomic mass is 9.71. The van der Waals surface area contributed by atoms with Gasteiger partial charge in [0, 0.05) is 0 Å². The summed E-state index contributed by atoms with van der Waals surface area (Å²) in [5.41, 5.74) is 5.15. The van der Waals surface area contributed by atoms with Gasteiger partial charge >= 0.3 is 17.9 Å². The molecule has 1 aliphatic carbocycles. The summed E-state index contributed by atoms with van der Waals surface area (Å²) in [7, 11) is 0. The molecule has 5 N–H and O–H groups in total. The smallest absolute Gasteiger partial charge is 0.335 e. The van der Waals surface area contributed by atoms with Crippen LogP contribution in [0.2, 0.25) is 0 Å². The van der Waals surface area contributed by atoms with Gasteiger partial charge in [0.05, 0.1) is 11.0 Å². The van der Waals surface area contributed by atoms with Crippen molar-refractivity contribution in [3.05, 3.63) is 53.6 Å². The summed E-state index contributed by atoms with van der Waals surface area (Å²) in [4.78, 5) is 34.3. The van der Waals surface area contributed by atoms with Gasteiger partial charge in [0.15, 0.2) is 0 Å².